The molecule has 1 aliphatic heterocycles. The second-order valence-electron chi connectivity index (χ2n) is 5.90. The van der Waals surface area contributed by atoms with Gasteiger partial charge < -0.3 is 0 Å². The normalized spacial score (nSPS) is 29.7. The van der Waals surface area contributed by atoms with Crippen LogP contribution in [0.5, 0.6) is 0 Å². The molecule has 1 saturated heterocycles. The number of benzene rings is 1. The van der Waals surface area contributed by atoms with E-state index in [4.69, 9.17) is 4.84 Å². The zero-order valence-electron chi connectivity index (χ0n) is 13.3. The number of hydroxylamine groups is 2. The third kappa shape index (κ3) is 3.33. The molecule has 1 fully saturated rings. The molecule has 0 spiro atoms. The maximum atomic E-state index is 12.6. The van der Waals surface area contributed by atoms with Crippen LogP contribution in [0, 0.1) is 5.41 Å². The van der Waals surface area contributed by atoms with E-state index in [2.05, 4.69) is 26.0 Å². The Balaban J connectivity index is 2.10. The van der Waals surface area contributed by atoms with Gasteiger partial charge in [0.05, 0.1) is 11.5 Å². The van der Waals surface area contributed by atoms with E-state index in [9.17, 15) is 4.79 Å². The Morgan fingerprint density at radius 1 is 1.33 bits per heavy atom. The minimum absolute atomic E-state index is 0.0737. The second kappa shape index (κ2) is 6.95. The molecule has 2 rings (SSSR count). The van der Waals surface area contributed by atoms with E-state index >= 15 is 0 Å². The Hall–Kier alpha value is -0.840. The first-order valence-electron chi connectivity index (χ1n) is 7.64. The van der Waals surface area contributed by atoms with Crippen molar-refractivity contribution in [1.29, 1.82) is 0 Å². The molecule has 1 aromatic carbocycles. The van der Waals surface area contributed by atoms with E-state index in [0.717, 1.165) is 12.2 Å². The minimum atomic E-state index is -0.450. The molecule has 0 unspecified atom stereocenters. The lowest BCUT2D eigenvalue weighted by Crippen LogP contribution is -2.42. The molecule has 21 heavy (non-hydrogen) atoms. The van der Waals surface area contributed by atoms with Gasteiger partial charge in [-0.1, -0.05) is 49.0 Å². The van der Waals surface area contributed by atoms with Gasteiger partial charge in [-0.15, -0.1) is 0 Å². The molecule has 0 amide bonds. The maximum Gasteiger partial charge on any atom is 0.199 e. The quantitative estimate of drug-likeness (QED) is 0.825. The molecule has 3 nitrogen and oxygen atoms in total. The van der Waals surface area contributed by atoms with Crippen molar-refractivity contribution >= 4 is 16.9 Å². The monoisotopic (exact) mass is 307 g/mol. The molecule has 0 N–H and O–H groups in total. The van der Waals surface area contributed by atoms with Crippen LogP contribution in [0.4, 0.5) is 0 Å². The first kappa shape index (κ1) is 16.5. The predicted molar refractivity (Wildman–Crippen MR) is 87.9 cm³/mol. The van der Waals surface area contributed by atoms with Crippen LogP contribution in [0.15, 0.2) is 30.3 Å². The molecule has 0 saturated carbocycles. The van der Waals surface area contributed by atoms with Crippen LogP contribution in [0.2, 0.25) is 0 Å². The summed E-state index contributed by atoms with van der Waals surface area (Å²) in [6.45, 7) is 8.96. The number of carbonyl (C=O) groups excluding carboxylic acids is 1. The third-order valence-electron chi connectivity index (χ3n) is 4.50. The highest BCUT2D eigenvalue weighted by Crippen LogP contribution is 2.43. The van der Waals surface area contributed by atoms with Crippen molar-refractivity contribution in [3.8, 4) is 0 Å². The summed E-state index contributed by atoms with van der Waals surface area (Å²) < 4.78 is 0. The number of hydrogen-bond donors (Lipinski definition) is 0. The average molecular weight is 307 g/mol. The Labute approximate surface area is 132 Å². The lowest BCUT2D eigenvalue weighted by molar-refractivity contribution is -0.163. The summed E-state index contributed by atoms with van der Waals surface area (Å²) in [7, 11) is 0. The van der Waals surface area contributed by atoms with Gasteiger partial charge in [-0.2, -0.15) is 5.06 Å². The standard InChI is InChI=1S/C17H25NO2S/c1-5-11-21-16(19)17(4)13(2)18(20-14(17)3)12-15-9-7-6-8-10-15/h6-10,13-14H,5,11-12H2,1-4H3/t13-,14+,17-/m1/s1. The summed E-state index contributed by atoms with van der Waals surface area (Å²) in [5.41, 5.74) is 0.753. The maximum absolute atomic E-state index is 12.6. The predicted octanol–water partition coefficient (Wildman–Crippen LogP) is 3.89. The molecule has 1 heterocycles. The number of thioether (sulfide) groups is 1. The molecule has 0 aromatic heterocycles. The number of nitrogens with zero attached hydrogens (tertiary/aromatic N) is 1. The molecule has 4 heteroatoms. The van der Waals surface area contributed by atoms with Gasteiger partial charge in [0.25, 0.3) is 0 Å². The van der Waals surface area contributed by atoms with Crippen LogP contribution in [-0.4, -0.2) is 28.1 Å². The zero-order chi connectivity index (χ0) is 15.5. The summed E-state index contributed by atoms with van der Waals surface area (Å²) in [6, 6.07) is 10.3. The van der Waals surface area contributed by atoms with E-state index in [-0.39, 0.29) is 17.3 Å². The highest BCUT2D eigenvalue weighted by Gasteiger charge is 2.53. The molecule has 0 radical (unpaired) electrons. The molecule has 116 valence electrons. The van der Waals surface area contributed by atoms with Gasteiger partial charge >= 0.3 is 0 Å². The number of carbonyl (C=O) groups is 1. The van der Waals surface area contributed by atoms with Gasteiger partial charge in [-0.3, -0.25) is 9.63 Å². The molecule has 0 aliphatic carbocycles. The van der Waals surface area contributed by atoms with E-state index in [0.29, 0.717) is 6.54 Å². The Morgan fingerprint density at radius 3 is 2.62 bits per heavy atom. The van der Waals surface area contributed by atoms with Crippen LogP contribution >= 0.6 is 11.8 Å². The van der Waals surface area contributed by atoms with Crippen molar-refractivity contribution in [2.24, 2.45) is 5.41 Å². The van der Waals surface area contributed by atoms with E-state index in [1.165, 1.54) is 17.3 Å². The van der Waals surface area contributed by atoms with Crippen LogP contribution in [0.25, 0.3) is 0 Å². The molecule has 1 aliphatic rings. The van der Waals surface area contributed by atoms with Gasteiger partial charge in [-0.05, 0) is 32.8 Å². The Kier molecular flexibility index (Phi) is 5.47. The van der Waals surface area contributed by atoms with Gasteiger partial charge in [0.15, 0.2) is 5.12 Å². The minimum Gasteiger partial charge on any atom is -0.294 e. The first-order chi connectivity index (χ1) is 10.00. The summed E-state index contributed by atoms with van der Waals surface area (Å²) in [5.74, 6) is 0.881. The Bertz CT molecular complexity index is 479. The molecule has 1 aromatic rings. The van der Waals surface area contributed by atoms with Crippen molar-refractivity contribution in [3.05, 3.63) is 35.9 Å². The fourth-order valence-electron chi connectivity index (χ4n) is 2.67. The Morgan fingerprint density at radius 2 is 2.00 bits per heavy atom. The molecule has 0 bridgehead atoms. The highest BCUT2D eigenvalue weighted by molar-refractivity contribution is 8.13. The van der Waals surface area contributed by atoms with Crippen LogP contribution < -0.4 is 0 Å². The third-order valence-corrected chi connectivity index (χ3v) is 5.81. The lowest BCUT2D eigenvalue weighted by atomic mass is 9.80. The topological polar surface area (TPSA) is 29.5 Å². The van der Waals surface area contributed by atoms with Gasteiger partial charge in [0.2, 0.25) is 0 Å². The summed E-state index contributed by atoms with van der Waals surface area (Å²) >= 11 is 1.44. The SMILES string of the molecule is CCCSC(=O)[C@@]1(C)[C@H](C)ON(Cc2ccccc2)[C@@H]1C. The van der Waals surface area contributed by atoms with Gasteiger partial charge in [-0.25, -0.2) is 0 Å². The molecular formula is C17H25NO2S. The summed E-state index contributed by atoms with van der Waals surface area (Å²) in [4.78, 5) is 18.6. The summed E-state index contributed by atoms with van der Waals surface area (Å²) in [6.07, 6.45) is 0.928. The van der Waals surface area contributed by atoms with E-state index in [1.54, 1.807) is 0 Å². The molecule has 3 atom stereocenters. The van der Waals surface area contributed by atoms with Crippen molar-refractivity contribution in [3.63, 3.8) is 0 Å². The second-order valence-corrected chi connectivity index (χ2v) is 6.97. The van der Waals surface area contributed by atoms with Gasteiger partial charge in [0.1, 0.15) is 0 Å². The van der Waals surface area contributed by atoms with Crippen LogP contribution in [0.3, 0.4) is 0 Å². The summed E-state index contributed by atoms with van der Waals surface area (Å²) in [5, 5.41) is 2.21. The molecular weight excluding hydrogens is 282 g/mol. The zero-order valence-corrected chi connectivity index (χ0v) is 14.2. The smallest absolute Gasteiger partial charge is 0.199 e. The lowest BCUT2D eigenvalue weighted by Gasteiger charge is -2.29. The average Bonchev–Trinajstić information content (AvgIpc) is 2.71. The van der Waals surface area contributed by atoms with Gasteiger partial charge in [0, 0.05) is 18.3 Å². The fourth-order valence-corrected chi connectivity index (χ4v) is 3.70. The van der Waals surface area contributed by atoms with Crippen molar-refractivity contribution in [1.82, 2.24) is 5.06 Å². The van der Waals surface area contributed by atoms with E-state index in [1.807, 2.05) is 37.1 Å². The van der Waals surface area contributed by atoms with Crippen molar-refractivity contribution in [2.45, 2.75) is 52.8 Å². The van der Waals surface area contributed by atoms with Crippen molar-refractivity contribution in [2.75, 3.05) is 5.75 Å². The first-order valence-corrected chi connectivity index (χ1v) is 8.63. The van der Waals surface area contributed by atoms with Crippen molar-refractivity contribution < 1.29 is 9.63 Å². The number of rotatable bonds is 5. The van der Waals surface area contributed by atoms with Crippen LogP contribution in [0.1, 0.15) is 39.7 Å². The highest BCUT2D eigenvalue weighted by atomic mass is 32.2. The number of hydrogen-bond acceptors (Lipinski definition) is 4. The fraction of sp³-hybridized carbons (Fsp3) is 0.588. The largest absolute Gasteiger partial charge is 0.294 e. The van der Waals surface area contributed by atoms with E-state index < -0.39 is 5.41 Å². The van der Waals surface area contributed by atoms with Crippen LogP contribution in [-0.2, 0) is 16.2 Å².